The fourth-order valence-electron chi connectivity index (χ4n) is 1.92. The molecule has 4 heteroatoms. The summed E-state index contributed by atoms with van der Waals surface area (Å²) in [5, 5.41) is 4.55. The van der Waals surface area contributed by atoms with Gasteiger partial charge in [0.2, 0.25) is 0 Å². The van der Waals surface area contributed by atoms with E-state index >= 15 is 0 Å². The lowest BCUT2D eigenvalue weighted by molar-refractivity contribution is 0.452. The molecule has 0 fully saturated rings. The van der Waals surface area contributed by atoms with Crippen molar-refractivity contribution in [1.29, 1.82) is 0 Å². The number of aromatic nitrogens is 2. The summed E-state index contributed by atoms with van der Waals surface area (Å²) in [6, 6.07) is 2.40. The zero-order valence-corrected chi connectivity index (χ0v) is 10.7. The lowest BCUT2D eigenvalue weighted by Crippen LogP contribution is -2.29. The van der Waals surface area contributed by atoms with Gasteiger partial charge in [-0.2, -0.15) is 5.10 Å². The van der Waals surface area contributed by atoms with E-state index < -0.39 is 0 Å². The van der Waals surface area contributed by atoms with Crippen LogP contribution in [0.3, 0.4) is 0 Å². The number of nitrogens with one attached hydrogen (secondary N) is 1. The molecule has 0 aliphatic carbocycles. The maximum Gasteiger partial charge on any atom is 0.0629 e. The number of hydrazine groups is 1. The number of unbranched alkanes of at least 4 members (excludes halogenated alkanes) is 1. The Labute approximate surface area is 98.2 Å². The van der Waals surface area contributed by atoms with Crippen LogP contribution < -0.4 is 11.3 Å². The van der Waals surface area contributed by atoms with Gasteiger partial charge in [0.15, 0.2) is 0 Å². The van der Waals surface area contributed by atoms with E-state index in [4.69, 9.17) is 5.84 Å². The van der Waals surface area contributed by atoms with Crippen LogP contribution in [-0.4, -0.2) is 9.78 Å². The summed E-state index contributed by atoms with van der Waals surface area (Å²) in [5.41, 5.74) is 5.27. The van der Waals surface area contributed by atoms with Gasteiger partial charge in [0, 0.05) is 6.54 Å². The summed E-state index contributed by atoms with van der Waals surface area (Å²) in [7, 11) is 0. The number of hydrogen-bond acceptors (Lipinski definition) is 3. The first-order valence-corrected chi connectivity index (χ1v) is 6.29. The Bertz CT molecular complexity index is 306. The van der Waals surface area contributed by atoms with Crippen molar-refractivity contribution >= 4 is 0 Å². The van der Waals surface area contributed by atoms with Crippen molar-refractivity contribution in [2.45, 2.75) is 59.0 Å². The Morgan fingerprint density at radius 2 is 2.19 bits per heavy atom. The van der Waals surface area contributed by atoms with Crippen LogP contribution in [0.5, 0.6) is 0 Å². The van der Waals surface area contributed by atoms with E-state index in [2.05, 4.69) is 42.0 Å². The number of nitrogens with two attached hydrogens (primary N) is 1. The topological polar surface area (TPSA) is 55.9 Å². The largest absolute Gasteiger partial charge is 0.271 e. The minimum Gasteiger partial charge on any atom is -0.271 e. The molecule has 1 aromatic heterocycles. The van der Waals surface area contributed by atoms with Crippen LogP contribution in [0.2, 0.25) is 0 Å². The SMILES string of the molecule is CCCCC(NN)c1cc(CC)nn1CC. The number of hydrogen-bond donors (Lipinski definition) is 2. The van der Waals surface area contributed by atoms with Gasteiger partial charge in [0.25, 0.3) is 0 Å². The molecule has 4 nitrogen and oxygen atoms in total. The standard InChI is InChI=1S/C12H24N4/c1-4-7-8-11(14-13)12-9-10(5-2)15-16(12)6-3/h9,11,14H,4-8,13H2,1-3H3. The molecule has 0 radical (unpaired) electrons. The first kappa shape index (κ1) is 13.2. The Morgan fingerprint density at radius 3 is 2.69 bits per heavy atom. The van der Waals surface area contributed by atoms with Crippen LogP contribution >= 0.6 is 0 Å². The molecule has 1 heterocycles. The lowest BCUT2D eigenvalue weighted by atomic mass is 10.1. The molecular weight excluding hydrogens is 200 g/mol. The third kappa shape index (κ3) is 3.06. The van der Waals surface area contributed by atoms with E-state index in [1.54, 1.807) is 0 Å². The van der Waals surface area contributed by atoms with E-state index in [-0.39, 0.29) is 6.04 Å². The van der Waals surface area contributed by atoms with Gasteiger partial charge in [-0.25, -0.2) is 0 Å². The van der Waals surface area contributed by atoms with Crippen LogP contribution in [0.25, 0.3) is 0 Å². The molecule has 1 atom stereocenters. The molecule has 0 saturated carbocycles. The quantitative estimate of drug-likeness (QED) is 0.551. The third-order valence-electron chi connectivity index (χ3n) is 2.93. The van der Waals surface area contributed by atoms with Crippen LogP contribution in [0.4, 0.5) is 0 Å². The van der Waals surface area contributed by atoms with Gasteiger partial charge in [0.05, 0.1) is 17.4 Å². The summed E-state index contributed by atoms with van der Waals surface area (Å²) in [6.07, 6.45) is 4.43. The summed E-state index contributed by atoms with van der Waals surface area (Å²) in [6.45, 7) is 7.34. The maximum atomic E-state index is 5.63. The number of rotatable bonds is 7. The van der Waals surface area contributed by atoms with Crippen molar-refractivity contribution in [1.82, 2.24) is 15.2 Å². The van der Waals surface area contributed by atoms with Gasteiger partial charge in [-0.1, -0.05) is 26.7 Å². The molecule has 0 amide bonds. The van der Waals surface area contributed by atoms with Gasteiger partial charge in [-0.05, 0) is 25.8 Å². The van der Waals surface area contributed by atoms with E-state index in [9.17, 15) is 0 Å². The molecule has 0 aliphatic rings. The molecule has 1 aromatic rings. The molecule has 1 rings (SSSR count). The molecule has 1 unspecified atom stereocenters. The van der Waals surface area contributed by atoms with Crippen LogP contribution in [0.15, 0.2) is 6.07 Å². The molecule has 92 valence electrons. The zero-order valence-electron chi connectivity index (χ0n) is 10.7. The van der Waals surface area contributed by atoms with Crippen molar-refractivity contribution in [3.63, 3.8) is 0 Å². The second kappa shape index (κ2) is 6.66. The van der Waals surface area contributed by atoms with Gasteiger partial charge in [-0.3, -0.25) is 16.0 Å². The Hall–Kier alpha value is -0.870. The van der Waals surface area contributed by atoms with Crippen LogP contribution in [-0.2, 0) is 13.0 Å². The predicted molar refractivity (Wildman–Crippen MR) is 66.9 cm³/mol. The first-order valence-electron chi connectivity index (χ1n) is 6.29. The number of aryl methyl sites for hydroxylation is 2. The summed E-state index contributed by atoms with van der Waals surface area (Å²) < 4.78 is 2.05. The molecule has 0 aliphatic heterocycles. The van der Waals surface area contributed by atoms with Crippen molar-refractivity contribution in [3.8, 4) is 0 Å². The summed E-state index contributed by atoms with van der Waals surface area (Å²) in [5.74, 6) is 5.63. The first-order chi connectivity index (χ1) is 7.76. The van der Waals surface area contributed by atoms with E-state index in [0.717, 1.165) is 25.1 Å². The predicted octanol–water partition coefficient (Wildman–Crippen LogP) is 2.16. The van der Waals surface area contributed by atoms with Crippen LogP contribution in [0, 0.1) is 0 Å². The summed E-state index contributed by atoms with van der Waals surface area (Å²) >= 11 is 0. The van der Waals surface area contributed by atoms with E-state index in [1.807, 2.05) is 0 Å². The highest BCUT2D eigenvalue weighted by Crippen LogP contribution is 2.20. The minimum atomic E-state index is 0.229. The molecule has 0 spiro atoms. The van der Waals surface area contributed by atoms with Crippen LogP contribution in [0.1, 0.15) is 57.5 Å². The highest BCUT2D eigenvalue weighted by molar-refractivity contribution is 5.14. The number of nitrogens with zero attached hydrogens (tertiary/aromatic N) is 2. The molecule has 0 aromatic carbocycles. The highest BCUT2D eigenvalue weighted by atomic mass is 15.3. The second-order valence-corrected chi connectivity index (χ2v) is 4.09. The molecule has 0 bridgehead atoms. The van der Waals surface area contributed by atoms with Gasteiger partial charge in [-0.15, -0.1) is 0 Å². The second-order valence-electron chi connectivity index (χ2n) is 4.09. The molecule has 3 N–H and O–H groups in total. The minimum absolute atomic E-state index is 0.229. The van der Waals surface area contributed by atoms with Crippen molar-refractivity contribution in [2.24, 2.45) is 5.84 Å². The van der Waals surface area contributed by atoms with Crippen molar-refractivity contribution < 1.29 is 0 Å². The normalized spacial score (nSPS) is 13.0. The molecule has 0 saturated heterocycles. The average Bonchev–Trinajstić information content (AvgIpc) is 2.73. The third-order valence-corrected chi connectivity index (χ3v) is 2.93. The molecule has 16 heavy (non-hydrogen) atoms. The van der Waals surface area contributed by atoms with Gasteiger partial charge >= 0.3 is 0 Å². The maximum absolute atomic E-state index is 5.63. The smallest absolute Gasteiger partial charge is 0.0629 e. The molecular formula is C12H24N4. The monoisotopic (exact) mass is 224 g/mol. The van der Waals surface area contributed by atoms with Crippen molar-refractivity contribution in [2.75, 3.05) is 0 Å². The fraction of sp³-hybridized carbons (Fsp3) is 0.750. The highest BCUT2D eigenvalue weighted by Gasteiger charge is 2.15. The Morgan fingerprint density at radius 1 is 1.44 bits per heavy atom. The Balaban J connectivity index is 2.84. The van der Waals surface area contributed by atoms with E-state index in [0.29, 0.717) is 0 Å². The average molecular weight is 224 g/mol. The lowest BCUT2D eigenvalue weighted by Gasteiger charge is -2.16. The summed E-state index contributed by atoms with van der Waals surface area (Å²) in [4.78, 5) is 0. The van der Waals surface area contributed by atoms with Gasteiger partial charge < -0.3 is 0 Å². The van der Waals surface area contributed by atoms with E-state index in [1.165, 1.54) is 18.5 Å². The zero-order chi connectivity index (χ0) is 12.0. The van der Waals surface area contributed by atoms with Gasteiger partial charge in [0.1, 0.15) is 0 Å². The van der Waals surface area contributed by atoms with Crippen molar-refractivity contribution in [3.05, 3.63) is 17.5 Å². The fourth-order valence-corrected chi connectivity index (χ4v) is 1.92. The Kier molecular flexibility index (Phi) is 5.49.